The Kier molecular flexibility index (Phi) is 3.41. The van der Waals surface area contributed by atoms with Crippen LogP contribution in [0.3, 0.4) is 0 Å². The quantitative estimate of drug-likeness (QED) is 0.761. The minimum absolute atomic E-state index is 0.0432. The molecule has 0 aliphatic carbocycles. The summed E-state index contributed by atoms with van der Waals surface area (Å²) in [4.78, 5) is 4.12. The van der Waals surface area contributed by atoms with E-state index in [4.69, 9.17) is 11.0 Å². The summed E-state index contributed by atoms with van der Waals surface area (Å²) in [6.07, 6.45) is 1.93. The molecular formula is C10H13N3. The number of pyridine rings is 1. The Morgan fingerprint density at radius 3 is 3.00 bits per heavy atom. The molecule has 3 nitrogen and oxygen atoms in total. The highest BCUT2D eigenvalue weighted by Crippen LogP contribution is 2.12. The van der Waals surface area contributed by atoms with Crippen LogP contribution in [-0.2, 0) is 0 Å². The Morgan fingerprint density at radius 1 is 1.62 bits per heavy atom. The van der Waals surface area contributed by atoms with E-state index in [1.54, 1.807) is 6.07 Å². The number of nitriles is 1. The van der Waals surface area contributed by atoms with Crippen LogP contribution in [-0.4, -0.2) is 4.98 Å². The number of nitrogens with two attached hydrogens (primary N) is 1. The van der Waals surface area contributed by atoms with Gasteiger partial charge >= 0.3 is 0 Å². The van der Waals surface area contributed by atoms with Crippen LogP contribution >= 0.6 is 0 Å². The van der Waals surface area contributed by atoms with Gasteiger partial charge in [-0.25, -0.2) is 4.98 Å². The summed E-state index contributed by atoms with van der Waals surface area (Å²) in [5.74, 6) is 0. The first kappa shape index (κ1) is 9.69. The van der Waals surface area contributed by atoms with Crippen molar-refractivity contribution < 1.29 is 0 Å². The van der Waals surface area contributed by atoms with Crippen LogP contribution in [0.25, 0.3) is 0 Å². The molecule has 0 amide bonds. The molecule has 2 N–H and O–H groups in total. The van der Waals surface area contributed by atoms with Crippen molar-refractivity contribution in [2.75, 3.05) is 0 Å². The van der Waals surface area contributed by atoms with Crippen LogP contribution in [0.1, 0.15) is 37.2 Å². The maximum absolute atomic E-state index is 8.62. The molecule has 68 valence electrons. The topological polar surface area (TPSA) is 62.7 Å². The summed E-state index contributed by atoms with van der Waals surface area (Å²) >= 11 is 0. The fourth-order valence-electron chi connectivity index (χ4n) is 1.18. The van der Waals surface area contributed by atoms with E-state index in [1.165, 1.54) is 0 Å². The van der Waals surface area contributed by atoms with Gasteiger partial charge in [0.1, 0.15) is 11.8 Å². The van der Waals surface area contributed by atoms with Crippen molar-refractivity contribution in [2.45, 2.75) is 25.8 Å². The zero-order valence-electron chi connectivity index (χ0n) is 7.70. The maximum Gasteiger partial charge on any atom is 0.140 e. The molecule has 0 saturated heterocycles. The third kappa shape index (κ3) is 2.53. The van der Waals surface area contributed by atoms with Crippen LogP contribution in [0.2, 0.25) is 0 Å². The van der Waals surface area contributed by atoms with E-state index < -0.39 is 0 Å². The molecule has 13 heavy (non-hydrogen) atoms. The minimum atomic E-state index is -0.0432. The van der Waals surface area contributed by atoms with Gasteiger partial charge in [-0.3, -0.25) is 0 Å². The molecule has 1 atom stereocenters. The third-order valence-corrected chi connectivity index (χ3v) is 1.86. The normalized spacial score (nSPS) is 12.1. The molecule has 0 aliphatic heterocycles. The molecule has 0 unspecified atom stereocenters. The van der Waals surface area contributed by atoms with Crippen molar-refractivity contribution in [3.63, 3.8) is 0 Å². The van der Waals surface area contributed by atoms with Gasteiger partial charge in [0.2, 0.25) is 0 Å². The van der Waals surface area contributed by atoms with Crippen molar-refractivity contribution in [1.29, 1.82) is 5.26 Å². The zero-order valence-corrected chi connectivity index (χ0v) is 7.70. The highest BCUT2D eigenvalue weighted by molar-refractivity contribution is 5.23. The van der Waals surface area contributed by atoms with Crippen molar-refractivity contribution >= 4 is 0 Å². The lowest BCUT2D eigenvalue weighted by atomic mass is 10.1. The SMILES string of the molecule is CCC[C@H](N)c1cccc(C#N)n1. The van der Waals surface area contributed by atoms with E-state index in [2.05, 4.69) is 11.9 Å². The molecule has 0 radical (unpaired) electrons. The summed E-state index contributed by atoms with van der Waals surface area (Å²) < 4.78 is 0. The first-order valence-electron chi connectivity index (χ1n) is 4.40. The molecule has 1 heterocycles. The lowest BCUT2D eigenvalue weighted by Crippen LogP contribution is -2.11. The zero-order chi connectivity index (χ0) is 9.68. The first-order valence-corrected chi connectivity index (χ1v) is 4.40. The monoisotopic (exact) mass is 175 g/mol. The number of nitrogens with zero attached hydrogens (tertiary/aromatic N) is 2. The molecule has 0 fully saturated rings. The highest BCUT2D eigenvalue weighted by atomic mass is 14.8. The molecule has 0 aromatic carbocycles. The molecule has 0 saturated carbocycles. The van der Waals surface area contributed by atoms with E-state index >= 15 is 0 Å². The van der Waals surface area contributed by atoms with Crippen LogP contribution in [0.4, 0.5) is 0 Å². The van der Waals surface area contributed by atoms with Gasteiger partial charge < -0.3 is 5.73 Å². The Bertz CT molecular complexity index is 314. The predicted octanol–water partition coefficient (Wildman–Crippen LogP) is 1.75. The summed E-state index contributed by atoms with van der Waals surface area (Å²) in [7, 11) is 0. The molecule has 0 aliphatic rings. The summed E-state index contributed by atoms with van der Waals surface area (Å²) in [5, 5.41) is 8.62. The van der Waals surface area contributed by atoms with Crippen LogP contribution in [0.15, 0.2) is 18.2 Å². The smallest absolute Gasteiger partial charge is 0.140 e. The van der Waals surface area contributed by atoms with Crippen LogP contribution < -0.4 is 5.73 Å². The van der Waals surface area contributed by atoms with Crippen LogP contribution in [0.5, 0.6) is 0 Å². The van der Waals surface area contributed by atoms with Crippen LogP contribution in [0, 0.1) is 11.3 Å². The maximum atomic E-state index is 8.62. The average Bonchev–Trinajstić information content (AvgIpc) is 2.18. The minimum Gasteiger partial charge on any atom is -0.323 e. The summed E-state index contributed by atoms with van der Waals surface area (Å²) in [6.45, 7) is 2.08. The lowest BCUT2D eigenvalue weighted by molar-refractivity contribution is 0.621. The Balaban J connectivity index is 2.83. The Hall–Kier alpha value is -1.40. The van der Waals surface area contributed by atoms with Gasteiger partial charge in [-0.05, 0) is 18.6 Å². The molecular weight excluding hydrogens is 162 g/mol. The number of hydrogen-bond donors (Lipinski definition) is 1. The van der Waals surface area contributed by atoms with Gasteiger partial charge in [-0.1, -0.05) is 19.4 Å². The highest BCUT2D eigenvalue weighted by Gasteiger charge is 2.06. The number of hydrogen-bond acceptors (Lipinski definition) is 3. The van der Waals surface area contributed by atoms with Crippen molar-refractivity contribution in [3.8, 4) is 6.07 Å². The second-order valence-corrected chi connectivity index (χ2v) is 2.95. The lowest BCUT2D eigenvalue weighted by Gasteiger charge is -2.08. The molecule has 0 spiro atoms. The Morgan fingerprint density at radius 2 is 2.38 bits per heavy atom. The second kappa shape index (κ2) is 4.58. The summed E-state index contributed by atoms with van der Waals surface area (Å²) in [5.41, 5.74) is 7.10. The van der Waals surface area contributed by atoms with E-state index in [9.17, 15) is 0 Å². The van der Waals surface area contributed by atoms with Crippen molar-refractivity contribution in [2.24, 2.45) is 5.73 Å². The van der Waals surface area contributed by atoms with E-state index in [0.29, 0.717) is 5.69 Å². The predicted molar refractivity (Wildman–Crippen MR) is 50.8 cm³/mol. The van der Waals surface area contributed by atoms with E-state index in [0.717, 1.165) is 18.5 Å². The van der Waals surface area contributed by atoms with Gasteiger partial charge in [-0.2, -0.15) is 5.26 Å². The number of rotatable bonds is 3. The van der Waals surface area contributed by atoms with Gasteiger partial charge in [0.05, 0.1) is 5.69 Å². The molecule has 1 rings (SSSR count). The van der Waals surface area contributed by atoms with Gasteiger partial charge in [0, 0.05) is 6.04 Å². The van der Waals surface area contributed by atoms with Gasteiger partial charge in [-0.15, -0.1) is 0 Å². The standard InChI is InChI=1S/C10H13N3/c1-2-4-9(12)10-6-3-5-8(7-11)13-10/h3,5-6,9H,2,4,12H2,1H3/t9-/m0/s1. The fraction of sp³-hybridized carbons (Fsp3) is 0.400. The second-order valence-electron chi connectivity index (χ2n) is 2.95. The van der Waals surface area contributed by atoms with Crippen molar-refractivity contribution in [1.82, 2.24) is 4.98 Å². The fourth-order valence-corrected chi connectivity index (χ4v) is 1.18. The number of aromatic nitrogens is 1. The van der Waals surface area contributed by atoms with Gasteiger partial charge in [0.15, 0.2) is 0 Å². The first-order chi connectivity index (χ1) is 6.27. The Labute approximate surface area is 78.2 Å². The van der Waals surface area contributed by atoms with Crippen molar-refractivity contribution in [3.05, 3.63) is 29.6 Å². The summed E-state index contributed by atoms with van der Waals surface area (Å²) in [6, 6.07) is 7.32. The largest absolute Gasteiger partial charge is 0.323 e. The van der Waals surface area contributed by atoms with E-state index in [-0.39, 0.29) is 6.04 Å². The third-order valence-electron chi connectivity index (χ3n) is 1.86. The van der Waals surface area contributed by atoms with E-state index in [1.807, 2.05) is 18.2 Å². The van der Waals surface area contributed by atoms with Gasteiger partial charge in [0.25, 0.3) is 0 Å². The molecule has 0 bridgehead atoms. The molecule has 1 aromatic heterocycles. The molecule has 1 aromatic rings. The molecule has 3 heteroatoms. The average molecular weight is 175 g/mol.